The van der Waals surface area contributed by atoms with E-state index in [1.807, 2.05) is 23.6 Å². The van der Waals surface area contributed by atoms with Crippen LogP contribution in [0.25, 0.3) is 0 Å². The molecule has 0 radical (unpaired) electrons. The van der Waals surface area contributed by atoms with Crippen LogP contribution in [0.5, 0.6) is 0 Å². The Morgan fingerprint density at radius 1 is 1.30 bits per heavy atom. The van der Waals surface area contributed by atoms with Crippen molar-refractivity contribution >= 4 is 5.91 Å². The fourth-order valence-electron chi connectivity index (χ4n) is 3.32. The van der Waals surface area contributed by atoms with Crippen LogP contribution in [0.3, 0.4) is 0 Å². The lowest BCUT2D eigenvalue weighted by molar-refractivity contribution is -0.128. The summed E-state index contributed by atoms with van der Waals surface area (Å²) in [6.07, 6.45) is 1.26. The Bertz CT molecular complexity index is 362. The molecule has 4 nitrogen and oxygen atoms in total. The normalized spacial score (nSPS) is 31.7. The van der Waals surface area contributed by atoms with E-state index in [2.05, 4.69) is 5.32 Å². The van der Waals surface area contributed by atoms with Gasteiger partial charge in [0.1, 0.15) is 0 Å². The van der Waals surface area contributed by atoms with Crippen LogP contribution >= 0.6 is 0 Å². The number of likely N-dealkylation sites (tertiary alicyclic amines) is 2. The van der Waals surface area contributed by atoms with Crippen LogP contribution in [0.4, 0.5) is 8.78 Å². The summed E-state index contributed by atoms with van der Waals surface area (Å²) in [5.74, 6) is -2.76. The SMILES string of the molecule is CC(=O)NC1CCN(C2CCN(C(C)C)CC2(F)F)C1. The third-order valence-corrected chi connectivity index (χ3v) is 4.39. The number of piperidine rings is 1. The number of hydrogen-bond acceptors (Lipinski definition) is 3. The van der Waals surface area contributed by atoms with Crippen molar-refractivity contribution in [1.82, 2.24) is 15.1 Å². The van der Waals surface area contributed by atoms with E-state index in [0.29, 0.717) is 19.5 Å². The molecule has 2 heterocycles. The molecule has 2 unspecified atom stereocenters. The zero-order valence-corrected chi connectivity index (χ0v) is 12.5. The minimum atomic E-state index is -2.67. The minimum Gasteiger partial charge on any atom is -0.352 e. The maximum absolute atomic E-state index is 14.4. The van der Waals surface area contributed by atoms with Crippen molar-refractivity contribution in [1.29, 1.82) is 0 Å². The molecule has 0 aromatic carbocycles. The van der Waals surface area contributed by atoms with Crippen molar-refractivity contribution in [3.8, 4) is 0 Å². The first-order chi connectivity index (χ1) is 9.29. The zero-order valence-electron chi connectivity index (χ0n) is 12.5. The van der Waals surface area contributed by atoms with Crippen LogP contribution in [0.1, 0.15) is 33.6 Å². The molecular weight excluding hydrogens is 264 g/mol. The molecule has 0 bridgehead atoms. The van der Waals surface area contributed by atoms with E-state index in [4.69, 9.17) is 0 Å². The monoisotopic (exact) mass is 289 g/mol. The Hall–Kier alpha value is -0.750. The first kappa shape index (κ1) is 15.6. The van der Waals surface area contributed by atoms with Crippen LogP contribution in [-0.2, 0) is 4.79 Å². The number of rotatable bonds is 3. The number of carbonyl (C=O) groups excluding carboxylic acids is 1. The number of amides is 1. The lowest BCUT2D eigenvalue weighted by atomic mass is 9.98. The quantitative estimate of drug-likeness (QED) is 0.851. The van der Waals surface area contributed by atoms with Crippen molar-refractivity contribution in [3.05, 3.63) is 0 Å². The lowest BCUT2D eigenvalue weighted by Crippen LogP contribution is -2.59. The molecule has 1 N–H and O–H groups in total. The molecule has 2 aliphatic rings. The first-order valence-electron chi connectivity index (χ1n) is 7.42. The molecule has 2 rings (SSSR count). The van der Waals surface area contributed by atoms with Gasteiger partial charge in [-0.1, -0.05) is 0 Å². The topological polar surface area (TPSA) is 35.6 Å². The summed E-state index contributed by atoms with van der Waals surface area (Å²) in [5, 5.41) is 2.83. The molecule has 2 aliphatic heterocycles. The predicted octanol–water partition coefficient (Wildman–Crippen LogP) is 1.31. The maximum Gasteiger partial charge on any atom is 0.275 e. The molecule has 20 heavy (non-hydrogen) atoms. The highest BCUT2D eigenvalue weighted by Gasteiger charge is 2.49. The smallest absolute Gasteiger partial charge is 0.275 e. The summed E-state index contributed by atoms with van der Waals surface area (Å²) in [6, 6.07) is -0.504. The van der Waals surface area contributed by atoms with Crippen LogP contribution in [0, 0.1) is 0 Å². The third kappa shape index (κ3) is 3.47. The van der Waals surface area contributed by atoms with E-state index < -0.39 is 12.0 Å². The Morgan fingerprint density at radius 2 is 2.00 bits per heavy atom. The summed E-state index contributed by atoms with van der Waals surface area (Å²) in [6.45, 7) is 7.14. The molecule has 116 valence electrons. The highest BCUT2D eigenvalue weighted by atomic mass is 19.3. The molecule has 6 heteroatoms. The number of alkyl halides is 2. The summed E-state index contributed by atoms with van der Waals surface area (Å²) in [5.41, 5.74) is 0. The third-order valence-electron chi connectivity index (χ3n) is 4.39. The van der Waals surface area contributed by atoms with Gasteiger partial charge in [0, 0.05) is 38.6 Å². The van der Waals surface area contributed by atoms with Crippen LogP contribution in [0.15, 0.2) is 0 Å². The summed E-state index contributed by atoms with van der Waals surface area (Å²) in [7, 11) is 0. The zero-order chi connectivity index (χ0) is 14.9. The Kier molecular flexibility index (Phi) is 4.64. The highest BCUT2D eigenvalue weighted by Crippen LogP contribution is 2.33. The van der Waals surface area contributed by atoms with Gasteiger partial charge in [-0.25, -0.2) is 8.78 Å². The molecule has 2 atom stereocenters. The first-order valence-corrected chi connectivity index (χ1v) is 7.42. The van der Waals surface area contributed by atoms with E-state index in [9.17, 15) is 13.6 Å². The van der Waals surface area contributed by atoms with Crippen LogP contribution in [-0.4, -0.2) is 65.9 Å². The second kappa shape index (κ2) is 5.93. The fourth-order valence-corrected chi connectivity index (χ4v) is 3.32. The van der Waals surface area contributed by atoms with Gasteiger partial charge in [-0.05, 0) is 26.7 Å². The second-order valence-corrected chi connectivity index (χ2v) is 6.31. The molecule has 2 saturated heterocycles. The van der Waals surface area contributed by atoms with Crippen molar-refractivity contribution in [2.24, 2.45) is 0 Å². The summed E-state index contributed by atoms with van der Waals surface area (Å²) >= 11 is 0. The van der Waals surface area contributed by atoms with Gasteiger partial charge in [-0.3, -0.25) is 14.6 Å². The van der Waals surface area contributed by atoms with Crippen molar-refractivity contribution in [2.75, 3.05) is 26.2 Å². The number of nitrogens with zero attached hydrogens (tertiary/aromatic N) is 2. The fraction of sp³-hybridized carbons (Fsp3) is 0.929. The van der Waals surface area contributed by atoms with Crippen molar-refractivity contribution in [2.45, 2.75) is 57.7 Å². The molecule has 1 amide bonds. The molecule has 0 aliphatic carbocycles. The number of carbonyl (C=O) groups is 1. The largest absolute Gasteiger partial charge is 0.352 e. The minimum absolute atomic E-state index is 0.0198. The van der Waals surface area contributed by atoms with Crippen LogP contribution in [0.2, 0.25) is 0 Å². The van der Waals surface area contributed by atoms with Gasteiger partial charge >= 0.3 is 0 Å². The molecule has 0 aromatic heterocycles. The number of halogens is 2. The Balaban J connectivity index is 1.95. The van der Waals surface area contributed by atoms with Gasteiger partial charge in [0.25, 0.3) is 5.92 Å². The number of nitrogens with one attached hydrogen (secondary N) is 1. The van der Waals surface area contributed by atoms with Gasteiger partial charge in [0.05, 0.1) is 12.6 Å². The lowest BCUT2D eigenvalue weighted by Gasteiger charge is -2.43. The second-order valence-electron chi connectivity index (χ2n) is 6.31. The van der Waals surface area contributed by atoms with E-state index in [1.165, 1.54) is 6.92 Å². The van der Waals surface area contributed by atoms with E-state index >= 15 is 0 Å². The summed E-state index contributed by atoms with van der Waals surface area (Å²) < 4.78 is 28.7. The molecule has 0 aromatic rings. The van der Waals surface area contributed by atoms with Gasteiger partial charge in [0.15, 0.2) is 0 Å². The number of hydrogen-bond donors (Lipinski definition) is 1. The molecule has 0 spiro atoms. The highest BCUT2D eigenvalue weighted by molar-refractivity contribution is 5.73. The summed E-state index contributed by atoms with van der Waals surface area (Å²) in [4.78, 5) is 14.7. The average Bonchev–Trinajstić information content (AvgIpc) is 2.74. The molecule has 2 fully saturated rings. The van der Waals surface area contributed by atoms with Crippen LogP contribution < -0.4 is 5.32 Å². The molecule has 0 saturated carbocycles. The standard InChI is InChI=1S/C14H25F2N3O/c1-10(2)19-7-5-13(14(15,16)9-19)18-6-4-12(8-18)17-11(3)20/h10,12-13H,4-9H2,1-3H3,(H,17,20). The van der Waals surface area contributed by atoms with E-state index in [0.717, 1.165) is 13.0 Å². The maximum atomic E-state index is 14.4. The van der Waals surface area contributed by atoms with E-state index in [1.54, 1.807) is 0 Å². The van der Waals surface area contributed by atoms with E-state index in [-0.39, 0.29) is 24.5 Å². The molecular formula is C14H25F2N3O. The van der Waals surface area contributed by atoms with Gasteiger partial charge in [-0.2, -0.15) is 0 Å². The Labute approximate surface area is 119 Å². The van der Waals surface area contributed by atoms with Crippen molar-refractivity contribution in [3.63, 3.8) is 0 Å². The van der Waals surface area contributed by atoms with Gasteiger partial charge < -0.3 is 5.32 Å². The van der Waals surface area contributed by atoms with Gasteiger partial charge in [-0.15, -0.1) is 0 Å². The Morgan fingerprint density at radius 3 is 2.55 bits per heavy atom. The van der Waals surface area contributed by atoms with Crippen molar-refractivity contribution < 1.29 is 13.6 Å². The average molecular weight is 289 g/mol. The predicted molar refractivity (Wildman–Crippen MR) is 73.9 cm³/mol. The van der Waals surface area contributed by atoms with Gasteiger partial charge in [0.2, 0.25) is 5.91 Å².